The minimum Gasteiger partial charge on any atom is -0.317 e. The molecule has 0 aromatic heterocycles. The van der Waals surface area contributed by atoms with E-state index in [0.29, 0.717) is 0 Å². The average Bonchev–Trinajstić information content (AvgIpc) is 2.83. The molecule has 2 rings (SSSR count). The summed E-state index contributed by atoms with van der Waals surface area (Å²) in [7, 11) is 0. The number of hydrogen-bond donors (Lipinski definition) is 1. The zero-order valence-corrected chi connectivity index (χ0v) is 11.4. The molecular formula is C13H26N2S. The third-order valence-corrected chi connectivity index (χ3v) is 5.08. The van der Waals surface area contributed by atoms with E-state index in [2.05, 4.69) is 28.9 Å². The molecule has 0 aromatic rings. The normalized spacial score (nSPS) is 27.8. The Morgan fingerprint density at radius 2 is 2.06 bits per heavy atom. The molecule has 2 fully saturated rings. The number of piperidine rings is 1. The SMILES string of the molecule is CCCN(CC1CCSC1)C1CCNCC1. The van der Waals surface area contributed by atoms with Gasteiger partial charge in [-0.2, -0.15) is 11.8 Å². The lowest BCUT2D eigenvalue weighted by molar-refractivity contribution is 0.143. The summed E-state index contributed by atoms with van der Waals surface area (Å²) in [6.45, 7) is 7.45. The zero-order valence-electron chi connectivity index (χ0n) is 10.6. The fourth-order valence-electron chi connectivity index (χ4n) is 2.94. The Hall–Kier alpha value is 0.270. The van der Waals surface area contributed by atoms with Crippen LogP contribution in [-0.2, 0) is 0 Å². The lowest BCUT2D eigenvalue weighted by atomic mass is 10.0. The molecule has 16 heavy (non-hydrogen) atoms. The average molecular weight is 242 g/mol. The Morgan fingerprint density at radius 3 is 2.69 bits per heavy atom. The summed E-state index contributed by atoms with van der Waals surface area (Å²) in [5.41, 5.74) is 0. The molecule has 0 amide bonds. The van der Waals surface area contributed by atoms with Gasteiger partial charge in [0.25, 0.3) is 0 Å². The van der Waals surface area contributed by atoms with Gasteiger partial charge in [-0.05, 0) is 62.7 Å². The molecule has 0 aliphatic carbocycles. The second-order valence-corrected chi connectivity index (χ2v) is 6.36. The highest BCUT2D eigenvalue weighted by Crippen LogP contribution is 2.25. The quantitative estimate of drug-likeness (QED) is 0.796. The van der Waals surface area contributed by atoms with Gasteiger partial charge in [-0.15, -0.1) is 0 Å². The van der Waals surface area contributed by atoms with Gasteiger partial charge < -0.3 is 5.32 Å². The van der Waals surface area contributed by atoms with Gasteiger partial charge in [0.05, 0.1) is 0 Å². The molecule has 94 valence electrons. The van der Waals surface area contributed by atoms with Gasteiger partial charge >= 0.3 is 0 Å². The second-order valence-electron chi connectivity index (χ2n) is 5.21. The Labute approximate surface area is 105 Å². The molecule has 0 radical (unpaired) electrons. The first-order valence-corrected chi connectivity index (χ1v) is 8.08. The third-order valence-electron chi connectivity index (χ3n) is 3.85. The van der Waals surface area contributed by atoms with Crippen LogP contribution in [0, 0.1) is 5.92 Å². The third kappa shape index (κ3) is 3.64. The van der Waals surface area contributed by atoms with Gasteiger partial charge in [0.2, 0.25) is 0 Å². The van der Waals surface area contributed by atoms with Gasteiger partial charge in [-0.25, -0.2) is 0 Å². The van der Waals surface area contributed by atoms with Gasteiger partial charge in [-0.3, -0.25) is 4.90 Å². The Morgan fingerprint density at radius 1 is 1.25 bits per heavy atom. The van der Waals surface area contributed by atoms with E-state index in [1.807, 2.05) is 0 Å². The minimum absolute atomic E-state index is 0.867. The van der Waals surface area contributed by atoms with Crippen molar-refractivity contribution in [2.24, 2.45) is 5.92 Å². The van der Waals surface area contributed by atoms with E-state index in [1.165, 1.54) is 63.4 Å². The van der Waals surface area contributed by atoms with Crippen LogP contribution in [0.5, 0.6) is 0 Å². The summed E-state index contributed by atoms with van der Waals surface area (Å²) in [5, 5.41) is 3.47. The maximum absolute atomic E-state index is 3.47. The molecule has 1 atom stereocenters. The summed E-state index contributed by atoms with van der Waals surface area (Å²) < 4.78 is 0. The van der Waals surface area contributed by atoms with Crippen LogP contribution in [0.25, 0.3) is 0 Å². The monoisotopic (exact) mass is 242 g/mol. The van der Waals surface area contributed by atoms with E-state index in [9.17, 15) is 0 Å². The van der Waals surface area contributed by atoms with E-state index in [4.69, 9.17) is 0 Å². The van der Waals surface area contributed by atoms with Crippen LogP contribution in [0.15, 0.2) is 0 Å². The molecule has 1 N–H and O–H groups in total. The van der Waals surface area contributed by atoms with E-state index >= 15 is 0 Å². The molecule has 2 nitrogen and oxygen atoms in total. The molecular weight excluding hydrogens is 216 g/mol. The number of nitrogens with one attached hydrogen (secondary N) is 1. The van der Waals surface area contributed by atoms with Gasteiger partial charge in [0.15, 0.2) is 0 Å². The summed E-state index contributed by atoms with van der Waals surface area (Å²) in [6, 6.07) is 0.867. The van der Waals surface area contributed by atoms with Crippen LogP contribution >= 0.6 is 11.8 Å². The predicted octanol–water partition coefficient (Wildman–Crippen LogP) is 2.20. The fourth-order valence-corrected chi connectivity index (χ4v) is 4.21. The molecule has 2 heterocycles. The smallest absolute Gasteiger partial charge is 0.0119 e. The van der Waals surface area contributed by atoms with Crippen molar-refractivity contribution in [1.29, 1.82) is 0 Å². The molecule has 0 aromatic carbocycles. The van der Waals surface area contributed by atoms with E-state index < -0.39 is 0 Å². The highest BCUT2D eigenvalue weighted by Gasteiger charge is 2.24. The minimum atomic E-state index is 0.867. The zero-order chi connectivity index (χ0) is 11.2. The van der Waals surface area contributed by atoms with Crippen molar-refractivity contribution >= 4 is 11.8 Å². The van der Waals surface area contributed by atoms with Gasteiger partial charge in [-0.1, -0.05) is 6.92 Å². The first kappa shape index (κ1) is 12.7. The first-order valence-electron chi connectivity index (χ1n) is 6.92. The van der Waals surface area contributed by atoms with Crippen molar-refractivity contribution < 1.29 is 0 Å². The molecule has 0 bridgehead atoms. The van der Waals surface area contributed by atoms with Crippen molar-refractivity contribution in [3.8, 4) is 0 Å². The van der Waals surface area contributed by atoms with Crippen LogP contribution < -0.4 is 5.32 Å². The van der Waals surface area contributed by atoms with Crippen LogP contribution in [0.2, 0.25) is 0 Å². The van der Waals surface area contributed by atoms with Crippen LogP contribution in [0.4, 0.5) is 0 Å². The molecule has 2 aliphatic rings. The highest BCUT2D eigenvalue weighted by atomic mass is 32.2. The van der Waals surface area contributed by atoms with E-state index in [-0.39, 0.29) is 0 Å². The molecule has 1 unspecified atom stereocenters. The maximum Gasteiger partial charge on any atom is 0.0119 e. The number of nitrogens with zero attached hydrogens (tertiary/aromatic N) is 1. The molecule has 2 saturated heterocycles. The van der Waals surface area contributed by atoms with Crippen molar-refractivity contribution in [1.82, 2.24) is 10.2 Å². The number of hydrogen-bond acceptors (Lipinski definition) is 3. The summed E-state index contributed by atoms with van der Waals surface area (Å²) in [6.07, 6.45) is 5.49. The second kappa shape index (κ2) is 6.87. The van der Waals surface area contributed by atoms with Gasteiger partial charge in [0.1, 0.15) is 0 Å². The summed E-state index contributed by atoms with van der Waals surface area (Å²) >= 11 is 2.15. The Balaban J connectivity index is 1.82. The predicted molar refractivity (Wildman–Crippen MR) is 73.2 cm³/mol. The standard InChI is InChI=1S/C13H26N2S/c1-2-8-15(10-12-5-9-16-11-12)13-3-6-14-7-4-13/h12-14H,2-11H2,1H3. The molecule has 0 spiro atoms. The molecule has 2 aliphatic heterocycles. The van der Waals surface area contributed by atoms with Gasteiger partial charge in [0, 0.05) is 12.6 Å². The van der Waals surface area contributed by atoms with Crippen LogP contribution in [-0.4, -0.2) is 48.6 Å². The molecule has 0 saturated carbocycles. The van der Waals surface area contributed by atoms with E-state index in [0.717, 1.165) is 12.0 Å². The maximum atomic E-state index is 3.47. The largest absolute Gasteiger partial charge is 0.317 e. The lowest BCUT2D eigenvalue weighted by Crippen LogP contribution is -2.45. The highest BCUT2D eigenvalue weighted by molar-refractivity contribution is 7.99. The van der Waals surface area contributed by atoms with Crippen molar-refractivity contribution in [3.63, 3.8) is 0 Å². The Bertz CT molecular complexity index is 186. The van der Waals surface area contributed by atoms with Crippen molar-refractivity contribution in [2.75, 3.05) is 37.7 Å². The fraction of sp³-hybridized carbons (Fsp3) is 1.00. The summed E-state index contributed by atoms with van der Waals surface area (Å²) in [4.78, 5) is 2.79. The first-order chi connectivity index (χ1) is 7.90. The number of rotatable bonds is 5. The van der Waals surface area contributed by atoms with Crippen LogP contribution in [0.3, 0.4) is 0 Å². The topological polar surface area (TPSA) is 15.3 Å². The lowest BCUT2D eigenvalue weighted by Gasteiger charge is -2.36. The Kier molecular flexibility index (Phi) is 5.46. The van der Waals surface area contributed by atoms with Crippen LogP contribution in [0.1, 0.15) is 32.6 Å². The molecule has 3 heteroatoms. The summed E-state index contributed by atoms with van der Waals surface area (Å²) in [5.74, 6) is 3.79. The number of thioether (sulfide) groups is 1. The van der Waals surface area contributed by atoms with E-state index in [1.54, 1.807) is 0 Å². The van der Waals surface area contributed by atoms with Crippen molar-refractivity contribution in [2.45, 2.75) is 38.6 Å². The van der Waals surface area contributed by atoms with Crippen molar-refractivity contribution in [3.05, 3.63) is 0 Å².